The minimum atomic E-state index is -0.906. The quantitative estimate of drug-likeness (QED) is 0.614. The van der Waals surface area contributed by atoms with E-state index < -0.39 is 11.6 Å². The average molecular weight is 204 g/mol. The van der Waals surface area contributed by atoms with Crippen LogP contribution in [-0.2, 0) is 9.53 Å². The molecule has 0 saturated carbocycles. The normalized spacial score (nSPS) is 13.9. The van der Waals surface area contributed by atoms with E-state index in [1.807, 2.05) is 0 Å². The molecule has 0 bridgehead atoms. The number of carbonyl (C=O) groups excluding carboxylic acids is 1. The largest absolute Gasteiger partial charge is 0.389 e. The molecule has 5 nitrogen and oxygen atoms in total. The summed E-state index contributed by atoms with van der Waals surface area (Å²) >= 11 is 0. The lowest BCUT2D eigenvalue weighted by Crippen LogP contribution is -2.48. The number of hydrogen-bond acceptors (Lipinski definition) is 4. The Kier molecular flexibility index (Phi) is 5.04. The fraction of sp³-hybridized carbons (Fsp3) is 0.889. The second-order valence-electron chi connectivity index (χ2n) is 4.07. The van der Waals surface area contributed by atoms with Crippen LogP contribution in [0.5, 0.6) is 0 Å². The van der Waals surface area contributed by atoms with Crippen molar-refractivity contribution in [2.75, 3.05) is 27.3 Å². The van der Waals surface area contributed by atoms with Crippen LogP contribution < -0.4 is 5.73 Å². The van der Waals surface area contributed by atoms with Crippen molar-refractivity contribution in [1.29, 1.82) is 0 Å². The van der Waals surface area contributed by atoms with Crippen molar-refractivity contribution in [3.8, 4) is 0 Å². The first-order valence-electron chi connectivity index (χ1n) is 4.50. The third-order valence-electron chi connectivity index (χ3n) is 1.66. The van der Waals surface area contributed by atoms with Gasteiger partial charge in [-0.3, -0.25) is 4.79 Å². The smallest absolute Gasteiger partial charge is 0.241 e. The molecule has 0 heterocycles. The number of hydrogen-bond donors (Lipinski definition) is 2. The summed E-state index contributed by atoms with van der Waals surface area (Å²) in [5.41, 5.74) is 4.64. The van der Waals surface area contributed by atoms with Gasteiger partial charge in [0.2, 0.25) is 5.91 Å². The highest BCUT2D eigenvalue weighted by Gasteiger charge is 2.23. The number of methoxy groups -OCH3 is 1. The zero-order valence-corrected chi connectivity index (χ0v) is 9.28. The maximum Gasteiger partial charge on any atom is 0.241 e. The fourth-order valence-corrected chi connectivity index (χ4v) is 1.19. The summed E-state index contributed by atoms with van der Waals surface area (Å²) in [6, 6.07) is -0.660. The first-order chi connectivity index (χ1) is 6.28. The zero-order chi connectivity index (χ0) is 11.4. The predicted molar refractivity (Wildman–Crippen MR) is 53.8 cm³/mol. The van der Waals surface area contributed by atoms with Crippen LogP contribution in [0.1, 0.15) is 13.8 Å². The standard InChI is InChI=1S/C9H20N2O3/c1-9(2,13)6-11(3)8(12)7(10)5-14-4/h7,13H,5-6,10H2,1-4H3. The molecule has 1 amide bonds. The molecule has 0 saturated heterocycles. The summed E-state index contributed by atoms with van der Waals surface area (Å²) in [5.74, 6) is -0.228. The molecule has 5 heteroatoms. The van der Waals surface area contributed by atoms with Crippen molar-refractivity contribution in [1.82, 2.24) is 4.90 Å². The summed E-state index contributed by atoms with van der Waals surface area (Å²) in [7, 11) is 3.10. The van der Waals surface area contributed by atoms with Gasteiger partial charge in [0.05, 0.1) is 12.2 Å². The molecule has 0 spiro atoms. The van der Waals surface area contributed by atoms with Crippen molar-refractivity contribution >= 4 is 5.91 Å². The number of ether oxygens (including phenoxy) is 1. The van der Waals surface area contributed by atoms with Gasteiger partial charge in [0, 0.05) is 20.7 Å². The number of carbonyl (C=O) groups is 1. The van der Waals surface area contributed by atoms with Gasteiger partial charge in [-0.1, -0.05) is 0 Å². The maximum absolute atomic E-state index is 11.5. The molecular weight excluding hydrogens is 184 g/mol. The maximum atomic E-state index is 11.5. The molecule has 0 rings (SSSR count). The van der Waals surface area contributed by atoms with Crippen molar-refractivity contribution in [3.05, 3.63) is 0 Å². The number of rotatable bonds is 5. The second kappa shape index (κ2) is 5.29. The topological polar surface area (TPSA) is 75.8 Å². The van der Waals surface area contributed by atoms with Crippen LogP contribution >= 0.6 is 0 Å². The minimum absolute atomic E-state index is 0.190. The van der Waals surface area contributed by atoms with Crippen molar-refractivity contribution in [2.24, 2.45) is 5.73 Å². The van der Waals surface area contributed by atoms with Gasteiger partial charge < -0.3 is 20.5 Å². The Bertz CT molecular complexity index is 189. The highest BCUT2D eigenvalue weighted by atomic mass is 16.5. The van der Waals surface area contributed by atoms with Gasteiger partial charge in [0.15, 0.2) is 0 Å². The summed E-state index contributed by atoms with van der Waals surface area (Å²) < 4.78 is 4.77. The molecule has 0 radical (unpaired) electrons. The van der Waals surface area contributed by atoms with Gasteiger partial charge in [0.25, 0.3) is 0 Å². The molecule has 0 aliphatic rings. The molecule has 0 aliphatic carbocycles. The van der Waals surface area contributed by atoms with Gasteiger partial charge in [-0.15, -0.1) is 0 Å². The van der Waals surface area contributed by atoms with Gasteiger partial charge in [-0.2, -0.15) is 0 Å². The van der Waals surface area contributed by atoms with E-state index in [-0.39, 0.29) is 19.1 Å². The SMILES string of the molecule is COCC(N)C(=O)N(C)CC(C)(C)O. The van der Waals surface area contributed by atoms with E-state index in [9.17, 15) is 9.90 Å². The average Bonchev–Trinajstić information content (AvgIpc) is 2.00. The van der Waals surface area contributed by atoms with Crippen LogP contribution in [0.25, 0.3) is 0 Å². The number of amides is 1. The molecule has 0 aromatic carbocycles. The monoisotopic (exact) mass is 204 g/mol. The van der Waals surface area contributed by atoms with E-state index in [1.54, 1.807) is 20.9 Å². The van der Waals surface area contributed by atoms with Crippen molar-refractivity contribution < 1.29 is 14.6 Å². The van der Waals surface area contributed by atoms with E-state index in [4.69, 9.17) is 10.5 Å². The number of aliphatic hydroxyl groups is 1. The lowest BCUT2D eigenvalue weighted by atomic mass is 10.1. The number of likely N-dealkylation sites (N-methyl/N-ethyl adjacent to an activating group) is 1. The Morgan fingerprint density at radius 3 is 2.50 bits per heavy atom. The fourth-order valence-electron chi connectivity index (χ4n) is 1.19. The molecule has 0 aromatic heterocycles. The lowest BCUT2D eigenvalue weighted by molar-refractivity contribution is -0.135. The van der Waals surface area contributed by atoms with Gasteiger partial charge >= 0.3 is 0 Å². The first-order valence-corrected chi connectivity index (χ1v) is 4.50. The van der Waals surface area contributed by atoms with E-state index in [1.165, 1.54) is 12.0 Å². The van der Waals surface area contributed by atoms with Gasteiger partial charge in [0.1, 0.15) is 6.04 Å². The van der Waals surface area contributed by atoms with E-state index >= 15 is 0 Å². The Hall–Kier alpha value is -0.650. The van der Waals surface area contributed by atoms with Crippen LogP contribution in [0.15, 0.2) is 0 Å². The molecule has 0 fully saturated rings. The second-order valence-corrected chi connectivity index (χ2v) is 4.07. The highest BCUT2D eigenvalue weighted by molar-refractivity contribution is 5.81. The summed E-state index contributed by atoms with van der Waals surface area (Å²) in [6.45, 7) is 3.72. The molecule has 0 aliphatic heterocycles. The van der Waals surface area contributed by atoms with E-state index in [0.29, 0.717) is 0 Å². The molecular formula is C9H20N2O3. The molecule has 1 unspecified atom stereocenters. The van der Waals surface area contributed by atoms with Gasteiger partial charge in [-0.05, 0) is 13.8 Å². The van der Waals surface area contributed by atoms with E-state index in [0.717, 1.165) is 0 Å². The molecule has 14 heavy (non-hydrogen) atoms. The van der Waals surface area contributed by atoms with Crippen LogP contribution in [0.3, 0.4) is 0 Å². The highest BCUT2D eigenvalue weighted by Crippen LogP contribution is 2.04. The minimum Gasteiger partial charge on any atom is -0.389 e. The van der Waals surface area contributed by atoms with Crippen LogP contribution in [0.2, 0.25) is 0 Å². The van der Waals surface area contributed by atoms with Crippen LogP contribution in [0.4, 0.5) is 0 Å². The summed E-state index contributed by atoms with van der Waals surface area (Å²) in [4.78, 5) is 12.9. The van der Waals surface area contributed by atoms with Crippen LogP contribution in [0, 0.1) is 0 Å². The Labute approximate surface area is 84.8 Å². The van der Waals surface area contributed by atoms with Crippen LogP contribution in [-0.4, -0.2) is 54.9 Å². The Morgan fingerprint density at radius 1 is 1.64 bits per heavy atom. The third-order valence-corrected chi connectivity index (χ3v) is 1.66. The Balaban J connectivity index is 4.12. The molecule has 0 aromatic rings. The summed E-state index contributed by atoms with van der Waals surface area (Å²) in [6.07, 6.45) is 0. The Morgan fingerprint density at radius 2 is 2.14 bits per heavy atom. The van der Waals surface area contributed by atoms with E-state index in [2.05, 4.69) is 0 Å². The molecule has 1 atom stereocenters. The van der Waals surface area contributed by atoms with Gasteiger partial charge in [-0.25, -0.2) is 0 Å². The zero-order valence-electron chi connectivity index (χ0n) is 9.28. The molecule has 3 N–H and O–H groups in total. The van der Waals surface area contributed by atoms with Crippen molar-refractivity contribution in [3.63, 3.8) is 0 Å². The third kappa shape index (κ3) is 5.16. The van der Waals surface area contributed by atoms with Crippen molar-refractivity contribution in [2.45, 2.75) is 25.5 Å². The first kappa shape index (κ1) is 13.4. The molecule has 84 valence electrons. The number of nitrogens with two attached hydrogens (primary N) is 1. The lowest BCUT2D eigenvalue weighted by Gasteiger charge is -2.27. The summed E-state index contributed by atoms with van der Waals surface area (Å²) in [5, 5.41) is 9.48. The number of nitrogens with zero attached hydrogens (tertiary/aromatic N) is 1. The predicted octanol–water partition coefficient (Wildman–Crippen LogP) is -0.811.